The summed E-state index contributed by atoms with van der Waals surface area (Å²) < 4.78 is 0. The molecule has 2 atom stereocenters. The molecule has 1 aliphatic heterocycles. The summed E-state index contributed by atoms with van der Waals surface area (Å²) in [4.78, 5) is 2.16. The Morgan fingerprint density at radius 2 is 2.38 bits per heavy atom. The lowest BCUT2D eigenvalue weighted by molar-refractivity contribution is 0.0812. The SMILES string of the molecule is CCNC(=S)N1CC[C@H](O)C[C@@H]1C. The second kappa shape index (κ2) is 4.77. The zero-order valence-electron chi connectivity index (χ0n) is 8.29. The Morgan fingerprint density at radius 1 is 1.69 bits per heavy atom. The predicted octanol–water partition coefficient (Wildman–Crippen LogP) is 0.726. The van der Waals surface area contributed by atoms with Gasteiger partial charge < -0.3 is 15.3 Å². The van der Waals surface area contributed by atoms with Gasteiger partial charge in [-0.1, -0.05) is 0 Å². The van der Waals surface area contributed by atoms with Gasteiger partial charge in [0.25, 0.3) is 0 Å². The van der Waals surface area contributed by atoms with Gasteiger partial charge >= 0.3 is 0 Å². The monoisotopic (exact) mass is 202 g/mol. The van der Waals surface area contributed by atoms with Crippen molar-refractivity contribution in [3.8, 4) is 0 Å². The van der Waals surface area contributed by atoms with Gasteiger partial charge in [-0.25, -0.2) is 0 Å². The molecule has 0 bridgehead atoms. The highest BCUT2D eigenvalue weighted by Gasteiger charge is 2.25. The van der Waals surface area contributed by atoms with Gasteiger partial charge in [0.1, 0.15) is 0 Å². The summed E-state index contributed by atoms with van der Waals surface area (Å²) in [5, 5.41) is 13.4. The van der Waals surface area contributed by atoms with Crippen molar-refractivity contribution in [1.29, 1.82) is 0 Å². The lowest BCUT2D eigenvalue weighted by atomic mass is 10.0. The second-order valence-corrected chi connectivity index (χ2v) is 3.94. The van der Waals surface area contributed by atoms with Crippen LogP contribution in [0.15, 0.2) is 0 Å². The second-order valence-electron chi connectivity index (χ2n) is 3.56. The molecule has 0 radical (unpaired) electrons. The molecule has 0 aromatic rings. The van der Waals surface area contributed by atoms with Gasteiger partial charge in [-0.15, -0.1) is 0 Å². The Kier molecular flexibility index (Phi) is 3.93. The third-order valence-corrected chi connectivity index (χ3v) is 2.82. The highest BCUT2D eigenvalue weighted by Crippen LogP contribution is 2.16. The van der Waals surface area contributed by atoms with Crippen LogP contribution in [0, 0.1) is 0 Å². The van der Waals surface area contributed by atoms with E-state index >= 15 is 0 Å². The van der Waals surface area contributed by atoms with E-state index in [2.05, 4.69) is 17.1 Å². The molecule has 0 aromatic carbocycles. The molecule has 2 N–H and O–H groups in total. The first-order chi connectivity index (χ1) is 6.15. The molecule has 0 unspecified atom stereocenters. The molecule has 0 aliphatic carbocycles. The molecule has 0 amide bonds. The minimum absolute atomic E-state index is 0.143. The summed E-state index contributed by atoms with van der Waals surface area (Å²) in [7, 11) is 0. The van der Waals surface area contributed by atoms with Crippen LogP contribution >= 0.6 is 12.2 Å². The lowest BCUT2D eigenvalue weighted by Crippen LogP contribution is -2.50. The van der Waals surface area contributed by atoms with E-state index in [0.717, 1.165) is 31.0 Å². The number of thiocarbonyl (C=S) groups is 1. The lowest BCUT2D eigenvalue weighted by Gasteiger charge is -2.37. The first-order valence-corrected chi connectivity index (χ1v) is 5.28. The van der Waals surface area contributed by atoms with Crippen molar-refractivity contribution < 1.29 is 5.11 Å². The molecule has 1 aliphatic rings. The van der Waals surface area contributed by atoms with Crippen LogP contribution in [0.3, 0.4) is 0 Å². The first kappa shape index (κ1) is 10.7. The maximum Gasteiger partial charge on any atom is 0.169 e. The fraction of sp³-hybridized carbons (Fsp3) is 0.889. The molecule has 76 valence electrons. The molecule has 13 heavy (non-hydrogen) atoms. The van der Waals surface area contributed by atoms with Crippen LogP contribution in [0.1, 0.15) is 26.7 Å². The van der Waals surface area contributed by atoms with E-state index in [1.807, 2.05) is 6.92 Å². The minimum Gasteiger partial charge on any atom is -0.393 e. The number of aliphatic hydroxyl groups is 1. The fourth-order valence-corrected chi connectivity index (χ4v) is 2.12. The summed E-state index contributed by atoms with van der Waals surface area (Å²) in [5.74, 6) is 0. The van der Waals surface area contributed by atoms with Crippen LogP contribution in [0.5, 0.6) is 0 Å². The van der Waals surface area contributed by atoms with Crippen molar-refractivity contribution in [3.05, 3.63) is 0 Å². The fourth-order valence-electron chi connectivity index (χ4n) is 1.70. The Hall–Kier alpha value is -0.350. The number of piperidine rings is 1. The minimum atomic E-state index is -0.143. The number of nitrogens with one attached hydrogen (secondary N) is 1. The van der Waals surface area contributed by atoms with Gasteiger partial charge in [0.15, 0.2) is 5.11 Å². The largest absolute Gasteiger partial charge is 0.393 e. The molecule has 3 nitrogen and oxygen atoms in total. The van der Waals surface area contributed by atoms with Crippen molar-refractivity contribution >= 4 is 17.3 Å². The van der Waals surface area contributed by atoms with Crippen molar-refractivity contribution in [2.24, 2.45) is 0 Å². The number of rotatable bonds is 1. The highest BCUT2D eigenvalue weighted by molar-refractivity contribution is 7.80. The number of likely N-dealkylation sites (tertiary alicyclic amines) is 1. The summed E-state index contributed by atoms with van der Waals surface area (Å²) in [5.41, 5.74) is 0. The Morgan fingerprint density at radius 3 is 2.92 bits per heavy atom. The van der Waals surface area contributed by atoms with Crippen LogP contribution in [0.2, 0.25) is 0 Å². The van der Waals surface area contributed by atoms with Crippen molar-refractivity contribution in [2.75, 3.05) is 13.1 Å². The van der Waals surface area contributed by atoms with Crippen molar-refractivity contribution in [1.82, 2.24) is 10.2 Å². The molecular formula is C9H18N2OS. The van der Waals surface area contributed by atoms with E-state index in [-0.39, 0.29) is 6.10 Å². The van der Waals surface area contributed by atoms with Crippen molar-refractivity contribution in [2.45, 2.75) is 38.8 Å². The highest BCUT2D eigenvalue weighted by atomic mass is 32.1. The summed E-state index contributed by atoms with van der Waals surface area (Å²) in [6.07, 6.45) is 1.51. The van der Waals surface area contributed by atoms with Crippen LogP contribution in [0.25, 0.3) is 0 Å². The first-order valence-electron chi connectivity index (χ1n) is 4.87. The van der Waals surface area contributed by atoms with E-state index in [1.165, 1.54) is 0 Å². The zero-order chi connectivity index (χ0) is 9.84. The Balaban J connectivity index is 2.45. The molecule has 0 saturated carbocycles. The number of hydrogen-bond donors (Lipinski definition) is 2. The average Bonchev–Trinajstić information content (AvgIpc) is 2.04. The van der Waals surface area contributed by atoms with E-state index in [4.69, 9.17) is 12.2 Å². The Labute approximate surface area is 85.1 Å². The van der Waals surface area contributed by atoms with E-state index in [1.54, 1.807) is 0 Å². The standard InChI is InChI=1S/C9H18N2OS/c1-3-10-9(13)11-5-4-8(12)6-7(11)2/h7-8,12H,3-6H2,1-2H3,(H,10,13)/t7-,8-/m0/s1. The van der Waals surface area contributed by atoms with Crippen LogP contribution in [-0.4, -0.2) is 40.4 Å². The molecular weight excluding hydrogens is 184 g/mol. The molecule has 1 heterocycles. The molecule has 1 saturated heterocycles. The van der Waals surface area contributed by atoms with Crippen LogP contribution in [-0.2, 0) is 0 Å². The topological polar surface area (TPSA) is 35.5 Å². The number of nitrogens with zero attached hydrogens (tertiary/aromatic N) is 1. The average molecular weight is 202 g/mol. The van der Waals surface area contributed by atoms with E-state index in [0.29, 0.717) is 6.04 Å². The van der Waals surface area contributed by atoms with Gasteiger partial charge in [0.2, 0.25) is 0 Å². The Bertz CT molecular complexity index is 186. The smallest absolute Gasteiger partial charge is 0.169 e. The molecule has 1 fully saturated rings. The summed E-state index contributed by atoms with van der Waals surface area (Å²) in [6.45, 7) is 5.88. The summed E-state index contributed by atoms with van der Waals surface area (Å²) in [6, 6.07) is 0.357. The predicted molar refractivity (Wildman–Crippen MR) is 57.7 cm³/mol. The van der Waals surface area contributed by atoms with Crippen LogP contribution in [0.4, 0.5) is 0 Å². The quantitative estimate of drug-likeness (QED) is 0.614. The third-order valence-electron chi connectivity index (χ3n) is 2.44. The maximum absolute atomic E-state index is 9.42. The van der Waals surface area contributed by atoms with Gasteiger partial charge in [-0.3, -0.25) is 0 Å². The van der Waals surface area contributed by atoms with Gasteiger partial charge in [0, 0.05) is 19.1 Å². The van der Waals surface area contributed by atoms with Crippen molar-refractivity contribution in [3.63, 3.8) is 0 Å². The molecule has 0 aromatic heterocycles. The maximum atomic E-state index is 9.42. The van der Waals surface area contributed by atoms with Crippen LogP contribution < -0.4 is 5.32 Å². The molecule has 0 spiro atoms. The zero-order valence-corrected chi connectivity index (χ0v) is 9.10. The van der Waals surface area contributed by atoms with E-state index in [9.17, 15) is 5.11 Å². The number of aliphatic hydroxyl groups excluding tert-OH is 1. The molecule has 1 rings (SSSR count). The van der Waals surface area contributed by atoms with Gasteiger partial charge in [0.05, 0.1) is 6.10 Å². The normalized spacial score (nSPS) is 28.7. The van der Waals surface area contributed by atoms with Gasteiger partial charge in [-0.05, 0) is 38.9 Å². The third kappa shape index (κ3) is 2.81. The number of hydrogen-bond acceptors (Lipinski definition) is 2. The van der Waals surface area contributed by atoms with Gasteiger partial charge in [-0.2, -0.15) is 0 Å². The summed E-state index contributed by atoms with van der Waals surface area (Å²) >= 11 is 5.22. The molecule has 4 heteroatoms. The van der Waals surface area contributed by atoms with E-state index < -0.39 is 0 Å².